The van der Waals surface area contributed by atoms with Gasteiger partial charge in [-0.25, -0.2) is 4.98 Å². The molecule has 1 aliphatic heterocycles. The van der Waals surface area contributed by atoms with E-state index >= 15 is 0 Å². The van der Waals surface area contributed by atoms with Gasteiger partial charge in [-0.1, -0.05) is 0 Å². The van der Waals surface area contributed by atoms with Crippen molar-refractivity contribution in [2.24, 2.45) is 5.92 Å². The lowest BCUT2D eigenvalue weighted by molar-refractivity contribution is -0.121. The quantitative estimate of drug-likeness (QED) is 0.912. The Bertz CT molecular complexity index is 441. The van der Waals surface area contributed by atoms with Gasteiger partial charge in [-0.3, -0.25) is 4.79 Å². The molecule has 1 aliphatic carbocycles. The van der Waals surface area contributed by atoms with Gasteiger partial charge in [0, 0.05) is 17.8 Å². The highest BCUT2D eigenvalue weighted by molar-refractivity contribution is 7.13. The Labute approximate surface area is 111 Å². The highest BCUT2D eigenvalue weighted by atomic mass is 32.1. The van der Waals surface area contributed by atoms with Crippen molar-refractivity contribution in [1.82, 2.24) is 9.88 Å². The zero-order valence-corrected chi connectivity index (χ0v) is 11.5. The van der Waals surface area contributed by atoms with Crippen molar-refractivity contribution in [2.45, 2.75) is 31.6 Å². The Kier molecular flexibility index (Phi) is 3.35. The number of thiazole rings is 1. The van der Waals surface area contributed by atoms with E-state index < -0.39 is 0 Å². The molecule has 1 aromatic heterocycles. The van der Waals surface area contributed by atoms with E-state index in [1.165, 1.54) is 12.8 Å². The Balaban J connectivity index is 1.58. The third-order valence-electron chi connectivity index (χ3n) is 3.74. The number of carbonyl (C=O) groups is 1. The molecule has 5 heteroatoms. The molecule has 0 aromatic carbocycles. The predicted octanol–water partition coefficient (Wildman–Crippen LogP) is 2.30. The Morgan fingerprint density at radius 2 is 2.33 bits per heavy atom. The second kappa shape index (κ2) is 4.97. The van der Waals surface area contributed by atoms with E-state index in [-0.39, 0.29) is 11.8 Å². The third-order valence-corrected chi connectivity index (χ3v) is 4.52. The first-order valence-electron chi connectivity index (χ1n) is 6.67. The molecule has 1 N–H and O–H groups in total. The standard InChI is InChI=1S/C13H19N3OS/c1-16-6-2-3-10(7-16)12(17)15-13-14-11(8-18-13)9-4-5-9/h8-10H,2-7H2,1H3,(H,14,15,17). The summed E-state index contributed by atoms with van der Waals surface area (Å²) in [5.74, 6) is 0.919. The Morgan fingerprint density at radius 3 is 3.06 bits per heavy atom. The van der Waals surface area contributed by atoms with E-state index in [9.17, 15) is 4.79 Å². The van der Waals surface area contributed by atoms with E-state index in [1.54, 1.807) is 11.3 Å². The van der Waals surface area contributed by atoms with Crippen molar-refractivity contribution < 1.29 is 4.79 Å². The molecular weight excluding hydrogens is 246 g/mol. The number of hydrogen-bond donors (Lipinski definition) is 1. The summed E-state index contributed by atoms with van der Waals surface area (Å²) in [6.07, 6.45) is 4.62. The number of nitrogens with zero attached hydrogens (tertiary/aromatic N) is 2. The van der Waals surface area contributed by atoms with Gasteiger partial charge in [-0.2, -0.15) is 0 Å². The molecule has 3 rings (SSSR count). The van der Waals surface area contributed by atoms with Gasteiger partial charge in [0.2, 0.25) is 5.91 Å². The average molecular weight is 265 g/mol. The number of anilines is 1. The molecule has 1 atom stereocenters. The van der Waals surface area contributed by atoms with E-state index in [2.05, 4.69) is 27.6 Å². The lowest BCUT2D eigenvalue weighted by Crippen LogP contribution is -2.38. The summed E-state index contributed by atoms with van der Waals surface area (Å²) < 4.78 is 0. The number of rotatable bonds is 3. The molecule has 2 heterocycles. The predicted molar refractivity (Wildman–Crippen MR) is 72.9 cm³/mol. The maximum absolute atomic E-state index is 12.1. The van der Waals surface area contributed by atoms with Crippen LogP contribution in [0.3, 0.4) is 0 Å². The monoisotopic (exact) mass is 265 g/mol. The third kappa shape index (κ3) is 2.72. The van der Waals surface area contributed by atoms with Gasteiger partial charge in [-0.05, 0) is 39.3 Å². The molecule has 2 fully saturated rings. The number of carbonyl (C=O) groups excluding carboxylic acids is 1. The van der Waals surface area contributed by atoms with Gasteiger partial charge in [-0.15, -0.1) is 11.3 Å². The second-order valence-electron chi connectivity index (χ2n) is 5.44. The lowest BCUT2D eigenvalue weighted by Gasteiger charge is -2.28. The van der Waals surface area contributed by atoms with E-state index in [0.717, 1.165) is 36.8 Å². The summed E-state index contributed by atoms with van der Waals surface area (Å²) >= 11 is 1.55. The Morgan fingerprint density at radius 1 is 1.50 bits per heavy atom. The summed E-state index contributed by atoms with van der Waals surface area (Å²) in [5, 5.41) is 5.83. The van der Waals surface area contributed by atoms with Crippen LogP contribution in [-0.4, -0.2) is 35.9 Å². The topological polar surface area (TPSA) is 45.2 Å². The maximum Gasteiger partial charge on any atom is 0.230 e. The number of piperidine rings is 1. The SMILES string of the molecule is CN1CCCC(C(=O)Nc2nc(C3CC3)cs2)C1. The first kappa shape index (κ1) is 12.1. The van der Waals surface area contributed by atoms with Crippen molar-refractivity contribution in [2.75, 3.05) is 25.5 Å². The highest BCUT2D eigenvalue weighted by Crippen LogP contribution is 2.40. The average Bonchev–Trinajstić information content (AvgIpc) is 3.11. The van der Waals surface area contributed by atoms with Gasteiger partial charge in [0.05, 0.1) is 11.6 Å². The molecule has 2 aliphatic rings. The van der Waals surface area contributed by atoms with Crippen LogP contribution in [0.2, 0.25) is 0 Å². The lowest BCUT2D eigenvalue weighted by atomic mass is 9.98. The fourth-order valence-corrected chi connectivity index (χ4v) is 3.29. The summed E-state index contributed by atoms with van der Waals surface area (Å²) in [6.45, 7) is 1.97. The van der Waals surface area contributed by atoms with E-state index in [0.29, 0.717) is 5.92 Å². The number of hydrogen-bond acceptors (Lipinski definition) is 4. The molecule has 1 aromatic rings. The fourth-order valence-electron chi connectivity index (χ4n) is 2.50. The van der Waals surface area contributed by atoms with Crippen LogP contribution in [0.1, 0.15) is 37.3 Å². The summed E-state index contributed by atoms with van der Waals surface area (Å²) in [4.78, 5) is 18.9. The number of likely N-dealkylation sites (tertiary alicyclic amines) is 1. The summed E-state index contributed by atoms with van der Waals surface area (Å²) in [5.41, 5.74) is 1.16. The van der Waals surface area contributed by atoms with Crippen LogP contribution in [0.25, 0.3) is 0 Å². The zero-order chi connectivity index (χ0) is 12.5. The van der Waals surface area contributed by atoms with Crippen LogP contribution in [0, 0.1) is 5.92 Å². The Hall–Kier alpha value is -0.940. The molecule has 98 valence electrons. The van der Waals surface area contributed by atoms with Crippen LogP contribution in [0.15, 0.2) is 5.38 Å². The molecule has 1 saturated carbocycles. The molecule has 4 nitrogen and oxygen atoms in total. The van der Waals surface area contributed by atoms with Gasteiger partial charge in [0.25, 0.3) is 0 Å². The van der Waals surface area contributed by atoms with Crippen molar-refractivity contribution in [3.8, 4) is 0 Å². The molecule has 18 heavy (non-hydrogen) atoms. The van der Waals surface area contributed by atoms with Crippen molar-refractivity contribution in [1.29, 1.82) is 0 Å². The maximum atomic E-state index is 12.1. The zero-order valence-electron chi connectivity index (χ0n) is 10.7. The van der Waals surface area contributed by atoms with Crippen LogP contribution in [0.5, 0.6) is 0 Å². The van der Waals surface area contributed by atoms with Crippen molar-refractivity contribution >= 4 is 22.4 Å². The van der Waals surface area contributed by atoms with Crippen molar-refractivity contribution in [3.05, 3.63) is 11.1 Å². The fraction of sp³-hybridized carbons (Fsp3) is 0.692. The largest absolute Gasteiger partial charge is 0.306 e. The second-order valence-corrected chi connectivity index (χ2v) is 6.30. The number of amides is 1. The molecule has 1 unspecified atom stereocenters. The minimum Gasteiger partial charge on any atom is -0.306 e. The smallest absolute Gasteiger partial charge is 0.230 e. The van der Waals surface area contributed by atoms with Crippen LogP contribution < -0.4 is 5.32 Å². The minimum absolute atomic E-state index is 0.122. The molecular formula is C13H19N3OS. The van der Waals surface area contributed by atoms with Gasteiger partial charge in [0.1, 0.15) is 0 Å². The molecule has 0 radical (unpaired) electrons. The van der Waals surface area contributed by atoms with Crippen LogP contribution >= 0.6 is 11.3 Å². The van der Waals surface area contributed by atoms with Gasteiger partial charge < -0.3 is 10.2 Å². The van der Waals surface area contributed by atoms with E-state index in [4.69, 9.17) is 0 Å². The van der Waals surface area contributed by atoms with Crippen LogP contribution in [0.4, 0.5) is 5.13 Å². The van der Waals surface area contributed by atoms with E-state index in [1.807, 2.05) is 0 Å². The first-order chi connectivity index (χ1) is 8.72. The highest BCUT2D eigenvalue weighted by Gasteiger charge is 2.27. The van der Waals surface area contributed by atoms with Gasteiger partial charge in [0.15, 0.2) is 5.13 Å². The first-order valence-corrected chi connectivity index (χ1v) is 7.55. The van der Waals surface area contributed by atoms with Gasteiger partial charge >= 0.3 is 0 Å². The number of nitrogens with one attached hydrogen (secondary N) is 1. The normalized spacial score (nSPS) is 25.1. The molecule has 1 saturated heterocycles. The molecule has 0 spiro atoms. The molecule has 1 amide bonds. The minimum atomic E-state index is 0.122. The summed E-state index contributed by atoms with van der Waals surface area (Å²) in [7, 11) is 2.08. The van der Waals surface area contributed by atoms with Crippen LogP contribution in [-0.2, 0) is 4.79 Å². The number of aromatic nitrogens is 1. The van der Waals surface area contributed by atoms with Crippen molar-refractivity contribution in [3.63, 3.8) is 0 Å². The summed E-state index contributed by atoms with van der Waals surface area (Å²) in [6, 6.07) is 0. The molecule has 0 bridgehead atoms.